The largest absolute Gasteiger partial charge is 0.397 e. The molecular weight excluding hydrogens is 211 g/mol. The first-order valence-corrected chi connectivity index (χ1v) is 3.76. The maximum atomic E-state index is 12.7. The number of benzene rings is 1. The van der Waals surface area contributed by atoms with Crippen LogP contribution in [0, 0.1) is 5.82 Å². The molecule has 0 spiro atoms. The Morgan fingerprint density at radius 3 is 2.18 bits per heavy atom. The fourth-order valence-electron chi connectivity index (χ4n) is 0.591. The van der Waals surface area contributed by atoms with Crippen LogP contribution in [0.2, 0.25) is 15.1 Å². The molecule has 0 unspecified atom stereocenters. The Morgan fingerprint density at radius 2 is 1.64 bits per heavy atom. The van der Waals surface area contributed by atoms with Crippen molar-refractivity contribution in [3.05, 3.63) is 27.0 Å². The van der Waals surface area contributed by atoms with Crippen molar-refractivity contribution in [3.8, 4) is 0 Å². The van der Waals surface area contributed by atoms with E-state index in [4.69, 9.17) is 40.5 Å². The number of anilines is 1. The summed E-state index contributed by atoms with van der Waals surface area (Å²) in [5, 5.41) is -0.172. The Labute approximate surface area is 77.8 Å². The number of hydrogen-bond acceptors (Lipinski definition) is 1. The maximum absolute atomic E-state index is 12.7. The monoisotopic (exact) mass is 213 g/mol. The first-order chi connectivity index (χ1) is 5.04. The molecule has 0 aliphatic rings. The normalized spacial score (nSPS) is 10.2. The van der Waals surface area contributed by atoms with Crippen LogP contribution in [0.4, 0.5) is 10.1 Å². The van der Waals surface area contributed by atoms with Crippen LogP contribution in [0.25, 0.3) is 0 Å². The summed E-state index contributed by atoms with van der Waals surface area (Å²) in [6.45, 7) is 0. The van der Waals surface area contributed by atoms with Crippen molar-refractivity contribution in [3.63, 3.8) is 0 Å². The second kappa shape index (κ2) is 3.05. The Kier molecular flexibility index (Phi) is 2.47. The fraction of sp³-hybridized carbons (Fsp3) is 0. The van der Waals surface area contributed by atoms with Gasteiger partial charge in [-0.05, 0) is 6.07 Å². The van der Waals surface area contributed by atoms with Crippen LogP contribution in [-0.4, -0.2) is 0 Å². The Morgan fingerprint density at radius 1 is 1.09 bits per heavy atom. The lowest BCUT2D eigenvalue weighted by Crippen LogP contribution is -1.90. The minimum atomic E-state index is -0.668. The zero-order chi connectivity index (χ0) is 8.59. The second-order valence-corrected chi connectivity index (χ2v) is 3.02. The molecule has 0 heterocycles. The minimum Gasteiger partial charge on any atom is -0.397 e. The summed E-state index contributed by atoms with van der Waals surface area (Å²) in [6, 6.07) is 1.02. The van der Waals surface area contributed by atoms with Gasteiger partial charge in [-0.15, -0.1) is 0 Å². The number of halogens is 4. The molecule has 0 radical (unpaired) electrons. The average Bonchev–Trinajstić information content (AvgIpc) is 1.97. The molecule has 0 atom stereocenters. The summed E-state index contributed by atoms with van der Waals surface area (Å²) in [6.07, 6.45) is 0. The summed E-state index contributed by atoms with van der Waals surface area (Å²) in [5.41, 5.74) is 5.36. The summed E-state index contributed by atoms with van der Waals surface area (Å²) in [5.74, 6) is -0.668. The van der Waals surface area contributed by atoms with E-state index in [9.17, 15) is 4.39 Å². The highest BCUT2D eigenvalue weighted by atomic mass is 35.5. The van der Waals surface area contributed by atoms with E-state index in [1.807, 2.05) is 0 Å². The third-order valence-electron chi connectivity index (χ3n) is 1.13. The smallest absolute Gasteiger partial charge is 0.145 e. The molecule has 2 N–H and O–H groups in total. The fourth-order valence-corrected chi connectivity index (χ4v) is 1.14. The molecule has 0 bridgehead atoms. The molecule has 11 heavy (non-hydrogen) atoms. The van der Waals surface area contributed by atoms with E-state index in [1.54, 1.807) is 0 Å². The van der Waals surface area contributed by atoms with Crippen LogP contribution in [0.1, 0.15) is 0 Å². The third kappa shape index (κ3) is 1.53. The predicted octanol–water partition coefficient (Wildman–Crippen LogP) is 3.37. The first kappa shape index (κ1) is 8.91. The molecule has 0 saturated carbocycles. The molecule has 5 heteroatoms. The van der Waals surface area contributed by atoms with E-state index in [2.05, 4.69) is 0 Å². The summed E-state index contributed by atoms with van der Waals surface area (Å²) in [7, 11) is 0. The van der Waals surface area contributed by atoms with Gasteiger partial charge in [0.2, 0.25) is 0 Å². The van der Waals surface area contributed by atoms with Gasteiger partial charge < -0.3 is 5.73 Å². The summed E-state index contributed by atoms with van der Waals surface area (Å²) in [4.78, 5) is 0. The minimum absolute atomic E-state index is 0.0502. The molecule has 0 saturated heterocycles. The zero-order valence-corrected chi connectivity index (χ0v) is 7.43. The van der Waals surface area contributed by atoms with Gasteiger partial charge in [0.05, 0.1) is 20.8 Å². The molecule has 1 aromatic rings. The summed E-state index contributed by atoms with van der Waals surface area (Å²) < 4.78 is 12.7. The predicted molar refractivity (Wildman–Crippen MR) is 45.8 cm³/mol. The molecule has 0 amide bonds. The van der Waals surface area contributed by atoms with Crippen molar-refractivity contribution in [1.82, 2.24) is 0 Å². The second-order valence-electron chi connectivity index (χ2n) is 1.89. The van der Waals surface area contributed by atoms with E-state index in [1.165, 1.54) is 0 Å². The van der Waals surface area contributed by atoms with Crippen LogP contribution < -0.4 is 5.73 Å². The first-order valence-electron chi connectivity index (χ1n) is 2.62. The van der Waals surface area contributed by atoms with Crippen molar-refractivity contribution < 1.29 is 4.39 Å². The van der Waals surface area contributed by atoms with Gasteiger partial charge >= 0.3 is 0 Å². The number of nitrogens with two attached hydrogens (primary N) is 1. The third-order valence-corrected chi connectivity index (χ3v) is 2.48. The molecule has 0 aliphatic heterocycles. The Bertz CT molecular complexity index is 274. The van der Waals surface area contributed by atoms with Crippen LogP contribution in [0.5, 0.6) is 0 Å². The number of hydrogen-bond donors (Lipinski definition) is 1. The lowest BCUT2D eigenvalue weighted by molar-refractivity contribution is 0.629. The molecule has 1 nitrogen and oxygen atoms in total. The van der Waals surface area contributed by atoms with Crippen molar-refractivity contribution in [2.75, 3.05) is 5.73 Å². The maximum Gasteiger partial charge on any atom is 0.145 e. The van der Waals surface area contributed by atoms with E-state index < -0.39 is 5.82 Å². The SMILES string of the molecule is Nc1cc(F)c(Cl)c(Cl)c1Cl. The highest BCUT2D eigenvalue weighted by Gasteiger charge is 2.11. The van der Waals surface area contributed by atoms with Crippen molar-refractivity contribution in [1.29, 1.82) is 0 Å². The average molecular weight is 214 g/mol. The lowest BCUT2D eigenvalue weighted by atomic mass is 10.3. The van der Waals surface area contributed by atoms with E-state index in [-0.39, 0.29) is 20.8 Å². The van der Waals surface area contributed by atoms with Crippen LogP contribution in [0.15, 0.2) is 6.07 Å². The zero-order valence-electron chi connectivity index (χ0n) is 5.17. The van der Waals surface area contributed by atoms with Gasteiger partial charge in [0.25, 0.3) is 0 Å². The van der Waals surface area contributed by atoms with Gasteiger partial charge in [0.1, 0.15) is 5.82 Å². The van der Waals surface area contributed by atoms with Gasteiger partial charge in [-0.3, -0.25) is 0 Å². The van der Waals surface area contributed by atoms with Crippen LogP contribution in [0.3, 0.4) is 0 Å². The van der Waals surface area contributed by atoms with Crippen LogP contribution >= 0.6 is 34.8 Å². The van der Waals surface area contributed by atoms with Crippen molar-refractivity contribution in [2.45, 2.75) is 0 Å². The lowest BCUT2D eigenvalue weighted by Gasteiger charge is -2.02. The Balaban J connectivity index is 3.46. The van der Waals surface area contributed by atoms with Gasteiger partial charge in [-0.1, -0.05) is 34.8 Å². The van der Waals surface area contributed by atoms with Gasteiger partial charge in [-0.25, -0.2) is 4.39 Å². The van der Waals surface area contributed by atoms with E-state index in [0.29, 0.717) is 0 Å². The molecule has 1 aromatic carbocycles. The molecular formula is C6H3Cl3FN. The number of nitrogen functional groups attached to an aromatic ring is 1. The van der Waals surface area contributed by atoms with E-state index in [0.717, 1.165) is 6.07 Å². The highest BCUT2D eigenvalue weighted by molar-refractivity contribution is 6.49. The molecule has 0 aromatic heterocycles. The Hall–Kier alpha value is -0.180. The molecule has 60 valence electrons. The van der Waals surface area contributed by atoms with Gasteiger partial charge in [0.15, 0.2) is 0 Å². The molecule has 1 rings (SSSR count). The van der Waals surface area contributed by atoms with E-state index >= 15 is 0 Å². The quantitative estimate of drug-likeness (QED) is 0.400. The number of rotatable bonds is 0. The topological polar surface area (TPSA) is 26.0 Å². The molecule has 0 fully saturated rings. The molecule has 0 aliphatic carbocycles. The van der Waals surface area contributed by atoms with Crippen molar-refractivity contribution >= 4 is 40.5 Å². The standard InChI is InChI=1S/C6H3Cl3FN/c7-4-2(10)1-3(11)5(8)6(4)9/h1H,11H2. The highest BCUT2D eigenvalue weighted by Crippen LogP contribution is 2.35. The van der Waals surface area contributed by atoms with Crippen LogP contribution in [-0.2, 0) is 0 Å². The van der Waals surface area contributed by atoms with Gasteiger partial charge in [0, 0.05) is 0 Å². The van der Waals surface area contributed by atoms with Gasteiger partial charge in [-0.2, -0.15) is 0 Å². The van der Waals surface area contributed by atoms with Crippen molar-refractivity contribution in [2.24, 2.45) is 0 Å². The summed E-state index contributed by atoms with van der Waals surface area (Å²) >= 11 is 16.5.